The Hall–Kier alpha value is -0.280. The number of aliphatic imine (C=N–C) groups is 1. The predicted molar refractivity (Wildman–Crippen MR) is 57.9 cm³/mol. The Morgan fingerprint density at radius 1 is 1.50 bits per heavy atom. The van der Waals surface area contributed by atoms with Gasteiger partial charge in [-0.15, -0.1) is 11.8 Å². The molecule has 0 N–H and O–H groups in total. The number of hydrogen-bond donors (Lipinski definition) is 0. The topological polar surface area (TPSA) is 12.4 Å². The van der Waals surface area contributed by atoms with Gasteiger partial charge >= 0.3 is 0 Å². The molecule has 3 heteroatoms. The van der Waals surface area contributed by atoms with Gasteiger partial charge in [0.1, 0.15) is 0 Å². The smallest absolute Gasteiger partial charge is 0.0982 e. The van der Waals surface area contributed by atoms with Gasteiger partial charge in [0.05, 0.1) is 11.6 Å². The molecule has 12 heavy (non-hydrogen) atoms. The van der Waals surface area contributed by atoms with E-state index in [2.05, 4.69) is 45.4 Å². The zero-order valence-corrected chi connectivity index (χ0v) is 9.08. The molecular weight excluding hydrogens is 234 g/mol. The molecule has 1 nitrogen and oxygen atoms in total. The molecule has 2 rings (SSSR count). The minimum Gasteiger partial charge on any atom is -0.273 e. The van der Waals surface area contributed by atoms with Gasteiger partial charge in [0, 0.05) is 10.0 Å². The lowest BCUT2D eigenvalue weighted by molar-refractivity contribution is 1.11. The first-order valence-electron chi connectivity index (χ1n) is 3.68. The molecule has 1 aliphatic rings. The molecule has 0 atom stereocenters. The largest absolute Gasteiger partial charge is 0.273 e. The van der Waals surface area contributed by atoms with Crippen molar-refractivity contribution in [2.24, 2.45) is 4.99 Å². The highest BCUT2D eigenvalue weighted by molar-refractivity contribution is 9.10. The van der Waals surface area contributed by atoms with Crippen molar-refractivity contribution in [1.82, 2.24) is 0 Å². The number of hydrogen-bond acceptors (Lipinski definition) is 2. The maximum absolute atomic E-state index is 4.42. The van der Waals surface area contributed by atoms with Crippen molar-refractivity contribution in [2.45, 2.75) is 6.54 Å². The molecule has 0 radical (unpaired) electrons. The van der Waals surface area contributed by atoms with Crippen molar-refractivity contribution < 1.29 is 0 Å². The minimum absolute atomic E-state index is 0.846. The van der Waals surface area contributed by atoms with Gasteiger partial charge in [-0.1, -0.05) is 22.0 Å². The zero-order chi connectivity index (χ0) is 8.55. The summed E-state index contributed by atoms with van der Waals surface area (Å²) in [4.78, 5) is 4.42. The lowest BCUT2D eigenvalue weighted by Gasteiger charge is -2.00. The average Bonchev–Trinajstić information content (AvgIpc) is 2.46. The standard InChI is InChI=1S/C9H8BrNS/c1-12-9-8-4-7(10)3-2-6(8)5-11-9/h2-4H,5H2,1H3. The SMILES string of the molecule is CSC1=NCc2ccc(Br)cc21. The molecule has 1 aromatic carbocycles. The van der Waals surface area contributed by atoms with Crippen LogP contribution >= 0.6 is 27.7 Å². The van der Waals surface area contributed by atoms with E-state index in [9.17, 15) is 0 Å². The van der Waals surface area contributed by atoms with Crippen LogP contribution in [0.1, 0.15) is 11.1 Å². The lowest BCUT2D eigenvalue weighted by atomic mass is 10.1. The van der Waals surface area contributed by atoms with E-state index < -0.39 is 0 Å². The first kappa shape index (κ1) is 8.32. The summed E-state index contributed by atoms with van der Waals surface area (Å²) in [6.07, 6.45) is 2.06. The Bertz CT molecular complexity index is 346. The molecule has 0 saturated carbocycles. The molecule has 0 aliphatic carbocycles. The molecule has 1 heterocycles. The lowest BCUT2D eigenvalue weighted by Crippen LogP contribution is -1.91. The quantitative estimate of drug-likeness (QED) is 0.681. The average molecular weight is 242 g/mol. The van der Waals surface area contributed by atoms with E-state index in [0.717, 1.165) is 16.1 Å². The van der Waals surface area contributed by atoms with E-state index in [1.807, 2.05) is 0 Å². The summed E-state index contributed by atoms with van der Waals surface area (Å²) in [6.45, 7) is 0.846. The summed E-state index contributed by atoms with van der Waals surface area (Å²) in [6, 6.07) is 6.33. The summed E-state index contributed by atoms with van der Waals surface area (Å²) < 4.78 is 1.13. The van der Waals surface area contributed by atoms with Crippen LogP contribution < -0.4 is 0 Å². The van der Waals surface area contributed by atoms with E-state index >= 15 is 0 Å². The third-order valence-electron chi connectivity index (χ3n) is 1.89. The van der Waals surface area contributed by atoms with E-state index in [1.54, 1.807) is 11.8 Å². The van der Waals surface area contributed by atoms with Crippen LogP contribution in [0.4, 0.5) is 0 Å². The van der Waals surface area contributed by atoms with E-state index in [1.165, 1.54) is 11.1 Å². The second kappa shape index (κ2) is 3.23. The van der Waals surface area contributed by atoms with Gasteiger partial charge in [0.25, 0.3) is 0 Å². The van der Waals surface area contributed by atoms with Gasteiger partial charge in [-0.3, -0.25) is 4.99 Å². The predicted octanol–water partition coefficient (Wildman–Crippen LogP) is 3.07. The van der Waals surface area contributed by atoms with Crippen LogP contribution in [0.5, 0.6) is 0 Å². The van der Waals surface area contributed by atoms with Crippen LogP contribution in [0.25, 0.3) is 0 Å². The number of fused-ring (bicyclic) bond motifs is 1. The zero-order valence-electron chi connectivity index (χ0n) is 6.67. The second-order valence-electron chi connectivity index (χ2n) is 2.63. The number of rotatable bonds is 0. The molecule has 0 saturated heterocycles. The van der Waals surface area contributed by atoms with E-state index in [4.69, 9.17) is 0 Å². The van der Waals surface area contributed by atoms with Gasteiger partial charge in [0.2, 0.25) is 0 Å². The van der Waals surface area contributed by atoms with E-state index in [-0.39, 0.29) is 0 Å². The molecule has 0 fully saturated rings. The fourth-order valence-electron chi connectivity index (χ4n) is 1.30. The van der Waals surface area contributed by atoms with Crippen molar-refractivity contribution in [3.05, 3.63) is 33.8 Å². The highest BCUT2D eigenvalue weighted by Crippen LogP contribution is 2.26. The van der Waals surface area contributed by atoms with Gasteiger partial charge in [0.15, 0.2) is 0 Å². The van der Waals surface area contributed by atoms with Crippen LogP contribution in [0.15, 0.2) is 27.7 Å². The van der Waals surface area contributed by atoms with Gasteiger partial charge in [-0.25, -0.2) is 0 Å². The molecule has 62 valence electrons. The van der Waals surface area contributed by atoms with Crippen LogP contribution in [0.3, 0.4) is 0 Å². The van der Waals surface area contributed by atoms with Crippen molar-refractivity contribution in [3.63, 3.8) is 0 Å². The first-order valence-corrected chi connectivity index (χ1v) is 5.70. The van der Waals surface area contributed by atoms with E-state index in [0.29, 0.717) is 0 Å². The molecular formula is C9H8BrNS. The monoisotopic (exact) mass is 241 g/mol. The maximum atomic E-state index is 4.42. The normalized spacial score (nSPS) is 14.3. The second-order valence-corrected chi connectivity index (χ2v) is 4.34. The van der Waals surface area contributed by atoms with Gasteiger partial charge in [-0.05, 0) is 24.0 Å². The number of benzene rings is 1. The number of nitrogens with zero attached hydrogens (tertiary/aromatic N) is 1. The van der Waals surface area contributed by atoms with Crippen molar-refractivity contribution in [1.29, 1.82) is 0 Å². The fourth-order valence-corrected chi connectivity index (χ4v) is 2.27. The fraction of sp³-hybridized carbons (Fsp3) is 0.222. The number of thioether (sulfide) groups is 1. The highest BCUT2D eigenvalue weighted by atomic mass is 79.9. The molecule has 1 aliphatic heterocycles. The van der Waals surface area contributed by atoms with Crippen molar-refractivity contribution in [3.8, 4) is 0 Å². The van der Waals surface area contributed by atoms with Crippen molar-refractivity contribution >= 4 is 32.7 Å². The Kier molecular flexibility index (Phi) is 2.24. The molecule has 0 bridgehead atoms. The molecule has 0 amide bonds. The summed E-state index contributed by atoms with van der Waals surface area (Å²) in [5.41, 5.74) is 2.62. The third-order valence-corrected chi connectivity index (χ3v) is 3.12. The van der Waals surface area contributed by atoms with Crippen LogP contribution in [-0.4, -0.2) is 11.3 Å². The molecule has 0 unspecified atom stereocenters. The summed E-state index contributed by atoms with van der Waals surface area (Å²) >= 11 is 5.17. The Morgan fingerprint density at radius 3 is 3.08 bits per heavy atom. The maximum Gasteiger partial charge on any atom is 0.0982 e. The van der Waals surface area contributed by atoms with Crippen LogP contribution in [0.2, 0.25) is 0 Å². The summed E-state index contributed by atoms with van der Waals surface area (Å²) in [5.74, 6) is 0. The third kappa shape index (κ3) is 1.31. The van der Waals surface area contributed by atoms with Crippen LogP contribution in [0, 0.1) is 0 Å². The Labute approximate surface area is 84.4 Å². The summed E-state index contributed by atoms with van der Waals surface area (Å²) in [7, 11) is 0. The molecule has 0 spiro atoms. The van der Waals surface area contributed by atoms with Gasteiger partial charge in [-0.2, -0.15) is 0 Å². The highest BCUT2D eigenvalue weighted by Gasteiger charge is 2.14. The number of halogens is 1. The van der Waals surface area contributed by atoms with Gasteiger partial charge < -0.3 is 0 Å². The first-order chi connectivity index (χ1) is 5.81. The van der Waals surface area contributed by atoms with Crippen LogP contribution in [-0.2, 0) is 6.54 Å². The minimum atomic E-state index is 0.846. The Morgan fingerprint density at radius 2 is 2.33 bits per heavy atom. The molecule has 1 aromatic rings. The summed E-state index contributed by atoms with van der Waals surface area (Å²) in [5, 5.41) is 1.16. The Balaban J connectivity index is 2.50. The molecule has 0 aromatic heterocycles. The van der Waals surface area contributed by atoms with Crippen molar-refractivity contribution in [2.75, 3.05) is 6.26 Å².